The van der Waals surface area contributed by atoms with Crippen LogP contribution < -0.4 is 0 Å². The standard InChI is InChI=1S/C44H90O5/c1-9-17-19-21-23-25-27-29-31-33-35-37-43(46-13-5,47-14-6)41(11-3)39-45-40-42(12-4)44(48-15-7,49-16-8)38-36-34-32-30-28-26-24-22-20-18-10-2/h41-42H,9-40H2,1-8H3. The van der Waals surface area contributed by atoms with E-state index in [1.54, 1.807) is 0 Å². The van der Waals surface area contributed by atoms with Crippen LogP contribution in [0.4, 0.5) is 0 Å². The van der Waals surface area contributed by atoms with E-state index in [-0.39, 0.29) is 11.8 Å². The third-order valence-corrected chi connectivity index (χ3v) is 10.7. The van der Waals surface area contributed by atoms with Crippen molar-refractivity contribution in [2.45, 2.75) is 234 Å². The largest absolute Gasteiger partial charge is 0.380 e. The average Bonchev–Trinajstić information content (AvgIpc) is 3.10. The molecule has 296 valence electrons. The van der Waals surface area contributed by atoms with Gasteiger partial charge >= 0.3 is 0 Å². The van der Waals surface area contributed by atoms with Gasteiger partial charge in [0.15, 0.2) is 11.6 Å². The first-order valence-corrected chi connectivity index (χ1v) is 22.1. The zero-order valence-corrected chi connectivity index (χ0v) is 34.8. The van der Waals surface area contributed by atoms with Gasteiger partial charge in [-0.2, -0.15) is 0 Å². The molecule has 0 saturated heterocycles. The van der Waals surface area contributed by atoms with Crippen molar-refractivity contribution in [2.75, 3.05) is 39.6 Å². The van der Waals surface area contributed by atoms with Crippen LogP contribution >= 0.6 is 0 Å². The van der Waals surface area contributed by atoms with E-state index in [0.29, 0.717) is 39.6 Å². The zero-order chi connectivity index (χ0) is 36.3. The normalized spacial score (nSPS) is 13.7. The van der Waals surface area contributed by atoms with E-state index in [1.807, 2.05) is 0 Å². The molecule has 5 heteroatoms. The number of rotatable bonds is 40. The number of ether oxygens (including phenoxy) is 5. The first-order valence-electron chi connectivity index (χ1n) is 22.1. The highest BCUT2D eigenvalue weighted by atomic mass is 16.7. The van der Waals surface area contributed by atoms with Crippen LogP contribution in [0.3, 0.4) is 0 Å². The smallest absolute Gasteiger partial charge is 0.173 e. The van der Waals surface area contributed by atoms with Crippen molar-refractivity contribution < 1.29 is 23.7 Å². The van der Waals surface area contributed by atoms with Crippen LogP contribution in [0.25, 0.3) is 0 Å². The zero-order valence-electron chi connectivity index (χ0n) is 34.8. The van der Waals surface area contributed by atoms with Gasteiger partial charge in [-0.1, -0.05) is 156 Å². The van der Waals surface area contributed by atoms with Gasteiger partial charge in [0.1, 0.15) is 0 Å². The fourth-order valence-corrected chi connectivity index (χ4v) is 7.76. The molecule has 0 spiro atoms. The molecule has 49 heavy (non-hydrogen) atoms. The van der Waals surface area contributed by atoms with Crippen molar-refractivity contribution in [1.82, 2.24) is 0 Å². The summed E-state index contributed by atoms with van der Waals surface area (Å²) in [5.41, 5.74) is 0. The second-order valence-electron chi connectivity index (χ2n) is 14.7. The van der Waals surface area contributed by atoms with E-state index in [0.717, 1.165) is 38.5 Å². The molecular formula is C44H90O5. The van der Waals surface area contributed by atoms with Gasteiger partial charge in [0.05, 0.1) is 13.2 Å². The molecule has 0 aromatic heterocycles. The van der Waals surface area contributed by atoms with E-state index >= 15 is 0 Å². The predicted molar refractivity (Wildman–Crippen MR) is 213 cm³/mol. The van der Waals surface area contributed by atoms with Gasteiger partial charge < -0.3 is 23.7 Å². The SMILES string of the molecule is CCCCCCCCCCCCCC(OCC)(OCC)C(CC)COCC(CC)C(CCCCCCCCCCCCC)(OCC)OCC. The quantitative estimate of drug-likeness (QED) is 0.0471. The molecule has 0 aromatic carbocycles. The van der Waals surface area contributed by atoms with Crippen LogP contribution in [0, 0.1) is 11.8 Å². The Morgan fingerprint density at radius 2 is 0.571 bits per heavy atom. The Bertz CT molecular complexity index is 589. The minimum absolute atomic E-state index is 0.188. The average molecular weight is 699 g/mol. The van der Waals surface area contributed by atoms with Crippen LogP contribution in [0.2, 0.25) is 0 Å². The molecule has 0 aliphatic rings. The highest BCUT2D eigenvalue weighted by molar-refractivity contribution is 4.83. The summed E-state index contributed by atoms with van der Waals surface area (Å²) in [4.78, 5) is 0. The van der Waals surface area contributed by atoms with Crippen molar-refractivity contribution in [3.8, 4) is 0 Å². The molecule has 0 aromatic rings. The lowest BCUT2D eigenvalue weighted by molar-refractivity contribution is -0.286. The summed E-state index contributed by atoms with van der Waals surface area (Å²) in [7, 11) is 0. The minimum Gasteiger partial charge on any atom is -0.380 e. The second kappa shape index (κ2) is 34.9. The van der Waals surface area contributed by atoms with Crippen molar-refractivity contribution in [3.05, 3.63) is 0 Å². The highest BCUT2D eigenvalue weighted by Crippen LogP contribution is 2.36. The Morgan fingerprint density at radius 1 is 0.327 bits per heavy atom. The fourth-order valence-electron chi connectivity index (χ4n) is 7.76. The first-order chi connectivity index (χ1) is 24.0. The second-order valence-corrected chi connectivity index (χ2v) is 14.7. The van der Waals surface area contributed by atoms with E-state index in [2.05, 4.69) is 55.4 Å². The lowest BCUT2D eigenvalue weighted by Crippen LogP contribution is -2.48. The maximum Gasteiger partial charge on any atom is 0.173 e. The third kappa shape index (κ3) is 23.2. The molecule has 0 aliphatic heterocycles. The molecule has 0 saturated carbocycles. The summed E-state index contributed by atoms with van der Waals surface area (Å²) in [5.74, 6) is -0.779. The molecular weight excluding hydrogens is 608 g/mol. The van der Waals surface area contributed by atoms with Crippen LogP contribution in [0.5, 0.6) is 0 Å². The van der Waals surface area contributed by atoms with Gasteiger partial charge in [0, 0.05) is 51.1 Å². The Kier molecular flexibility index (Phi) is 34.7. The summed E-state index contributed by atoms with van der Waals surface area (Å²) in [6.45, 7) is 21.4. The van der Waals surface area contributed by atoms with Gasteiger partial charge in [0.25, 0.3) is 0 Å². The molecule has 0 amide bonds. The minimum atomic E-state index is -0.578. The molecule has 2 unspecified atom stereocenters. The maximum absolute atomic E-state index is 6.63. The van der Waals surface area contributed by atoms with Crippen molar-refractivity contribution in [2.24, 2.45) is 11.8 Å². The summed E-state index contributed by atoms with van der Waals surface area (Å²) >= 11 is 0. The lowest BCUT2D eigenvalue weighted by Gasteiger charge is -2.42. The maximum atomic E-state index is 6.63. The van der Waals surface area contributed by atoms with Crippen LogP contribution in [-0.4, -0.2) is 51.2 Å². The summed E-state index contributed by atoms with van der Waals surface area (Å²) in [6.07, 6.45) is 33.4. The molecule has 0 radical (unpaired) electrons. The van der Waals surface area contributed by atoms with Gasteiger partial charge in [-0.05, 0) is 53.4 Å². The van der Waals surface area contributed by atoms with E-state index in [9.17, 15) is 0 Å². The Labute approximate surface area is 308 Å². The van der Waals surface area contributed by atoms with Gasteiger partial charge in [0.2, 0.25) is 0 Å². The predicted octanol–water partition coefficient (Wildman–Crippen LogP) is 14.0. The highest BCUT2D eigenvalue weighted by Gasteiger charge is 2.42. The summed E-state index contributed by atoms with van der Waals surface area (Å²) in [6, 6.07) is 0. The van der Waals surface area contributed by atoms with Gasteiger partial charge in [-0.25, -0.2) is 0 Å². The Morgan fingerprint density at radius 3 is 0.796 bits per heavy atom. The van der Waals surface area contributed by atoms with Gasteiger partial charge in [-0.3, -0.25) is 0 Å². The van der Waals surface area contributed by atoms with Crippen molar-refractivity contribution in [3.63, 3.8) is 0 Å². The molecule has 5 nitrogen and oxygen atoms in total. The molecule has 0 rings (SSSR count). The molecule has 0 fully saturated rings. The number of hydrogen-bond donors (Lipinski definition) is 0. The number of hydrogen-bond acceptors (Lipinski definition) is 5. The molecule has 0 N–H and O–H groups in total. The molecule has 0 aliphatic carbocycles. The topological polar surface area (TPSA) is 46.2 Å². The summed E-state index contributed by atoms with van der Waals surface area (Å²) in [5, 5.41) is 0. The van der Waals surface area contributed by atoms with E-state index < -0.39 is 11.6 Å². The van der Waals surface area contributed by atoms with Crippen molar-refractivity contribution in [1.29, 1.82) is 0 Å². The first kappa shape index (κ1) is 48.8. The van der Waals surface area contributed by atoms with Gasteiger partial charge in [-0.15, -0.1) is 0 Å². The monoisotopic (exact) mass is 699 g/mol. The lowest BCUT2D eigenvalue weighted by atomic mass is 9.89. The van der Waals surface area contributed by atoms with Crippen LogP contribution in [-0.2, 0) is 23.7 Å². The molecule has 0 bridgehead atoms. The fraction of sp³-hybridized carbons (Fsp3) is 1.00. The summed E-state index contributed by atoms with van der Waals surface area (Å²) < 4.78 is 32.7. The third-order valence-electron chi connectivity index (χ3n) is 10.7. The van der Waals surface area contributed by atoms with E-state index in [1.165, 1.54) is 128 Å². The van der Waals surface area contributed by atoms with Crippen LogP contribution in [0.15, 0.2) is 0 Å². The Hall–Kier alpha value is -0.200. The molecule has 2 atom stereocenters. The van der Waals surface area contributed by atoms with E-state index in [4.69, 9.17) is 23.7 Å². The Balaban J connectivity index is 5.04. The van der Waals surface area contributed by atoms with Crippen LogP contribution in [0.1, 0.15) is 222 Å². The number of unbranched alkanes of at least 4 members (excludes halogenated alkanes) is 20. The molecule has 0 heterocycles. The van der Waals surface area contributed by atoms with Crippen molar-refractivity contribution >= 4 is 0 Å².